The molecule has 15 heavy (non-hydrogen) atoms. The molecular weight excluding hydrogens is 228 g/mol. The van der Waals surface area contributed by atoms with Crippen molar-refractivity contribution < 1.29 is 4.79 Å². The van der Waals surface area contributed by atoms with Gasteiger partial charge in [-0.25, -0.2) is 4.98 Å². The van der Waals surface area contributed by atoms with Gasteiger partial charge in [-0.15, -0.1) is 22.7 Å². The van der Waals surface area contributed by atoms with Gasteiger partial charge in [-0.2, -0.15) is 0 Å². The number of amides is 1. The van der Waals surface area contributed by atoms with E-state index in [9.17, 15) is 4.79 Å². The van der Waals surface area contributed by atoms with Crippen LogP contribution in [0.15, 0.2) is 23.7 Å². The number of hydrogen-bond acceptors (Lipinski definition) is 4. The van der Waals surface area contributed by atoms with E-state index in [0.29, 0.717) is 6.54 Å². The molecule has 0 fully saturated rings. The van der Waals surface area contributed by atoms with Crippen molar-refractivity contribution in [3.8, 4) is 0 Å². The van der Waals surface area contributed by atoms with Gasteiger partial charge in [0.2, 0.25) is 0 Å². The van der Waals surface area contributed by atoms with E-state index in [1.165, 1.54) is 11.3 Å². The number of aromatic nitrogens is 1. The molecule has 5 heteroatoms. The highest BCUT2D eigenvalue weighted by atomic mass is 32.1. The average Bonchev–Trinajstić information content (AvgIpc) is 2.84. The van der Waals surface area contributed by atoms with Crippen LogP contribution >= 0.6 is 22.7 Å². The van der Waals surface area contributed by atoms with Crippen LogP contribution in [0.25, 0.3) is 0 Å². The summed E-state index contributed by atoms with van der Waals surface area (Å²) in [6.45, 7) is 2.51. The van der Waals surface area contributed by atoms with Crippen molar-refractivity contribution in [1.82, 2.24) is 10.3 Å². The normalized spacial score (nSPS) is 10.2. The van der Waals surface area contributed by atoms with Crippen LogP contribution < -0.4 is 5.32 Å². The summed E-state index contributed by atoms with van der Waals surface area (Å²) >= 11 is 3.05. The number of nitrogens with zero attached hydrogens (tertiary/aromatic N) is 1. The Morgan fingerprint density at radius 3 is 3.07 bits per heavy atom. The molecule has 0 spiro atoms. The Morgan fingerprint density at radius 1 is 1.60 bits per heavy atom. The topological polar surface area (TPSA) is 42.0 Å². The van der Waals surface area contributed by atoms with Crippen molar-refractivity contribution >= 4 is 28.6 Å². The average molecular weight is 238 g/mol. The van der Waals surface area contributed by atoms with Crippen LogP contribution in [-0.2, 0) is 6.54 Å². The molecule has 2 aromatic rings. The summed E-state index contributed by atoms with van der Waals surface area (Å²) in [6, 6.07) is 3.68. The highest BCUT2D eigenvalue weighted by Crippen LogP contribution is 2.12. The van der Waals surface area contributed by atoms with Gasteiger partial charge in [0.1, 0.15) is 5.01 Å². The molecular formula is C10H10N2OS2. The minimum absolute atomic E-state index is 0.0298. The first-order valence-corrected chi connectivity index (χ1v) is 6.18. The summed E-state index contributed by atoms with van der Waals surface area (Å²) in [5.41, 5.74) is 0. The molecule has 0 aliphatic heterocycles. The number of nitrogens with one attached hydrogen (secondary N) is 1. The van der Waals surface area contributed by atoms with Crippen LogP contribution in [0.5, 0.6) is 0 Å². The number of carbonyl (C=O) groups is 1. The number of rotatable bonds is 3. The van der Waals surface area contributed by atoms with Crippen LogP contribution in [0.3, 0.4) is 0 Å². The molecule has 3 nitrogen and oxygen atoms in total. The molecule has 0 aromatic carbocycles. The van der Waals surface area contributed by atoms with Crippen molar-refractivity contribution in [2.75, 3.05) is 0 Å². The second-order valence-electron chi connectivity index (χ2n) is 3.02. The van der Waals surface area contributed by atoms with E-state index < -0.39 is 0 Å². The number of thiazole rings is 1. The van der Waals surface area contributed by atoms with Gasteiger partial charge >= 0.3 is 0 Å². The zero-order valence-corrected chi connectivity index (χ0v) is 9.82. The summed E-state index contributed by atoms with van der Waals surface area (Å²) in [5.74, 6) is -0.0298. The number of carbonyl (C=O) groups excluding carboxylic acids is 1. The van der Waals surface area contributed by atoms with Crippen LogP contribution in [0.4, 0.5) is 0 Å². The summed E-state index contributed by atoms with van der Waals surface area (Å²) < 4.78 is 0. The lowest BCUT2D eigenvalue weighted by atomic mass is 10.4. The molecule has 0 unspecified atom stereocenters. The number of hydrogen-bond donors (Lipinski definition) is 1. The van der Waals surface area contributed by atoms with Gasteiger partial charge in [0.25, 0.3) is 5.91 Å². The van der Waals surface area contributed by atoms with E-state index in [1.54, 1.807) is 11.3 Å². The van der Waals surface area contributed by atoms with Crippen LogP contribution in [0, 0.1) is 6.92 Å². The second kappa shape index (κ2) is 4.55. The lowest BCUT2D eigenvalue weighted by Gasteiger charge is -1.99. The van der Waals surface area contributed by atoms with Gasteiger partial charge in [-0.05, 0) is 18.4 Å². The van der Waals surface area contributed by atoms with Crippen molar-refractivity contribution in [1.29, 1.82) is 0 Å². The molecule has 2 heterocycles. The van der Waals surface area contributed by atoms with Gasteiger partial charge in [0, 0.05) is 11.1 Å². The fourth-order valence-corrected chi connectivity index (χ4v) is 2.50. The molecule has 0 aliphatic rings. The number of thiophene rings is 1. The maximum atomic E-state index is 11.6. The maximum absolute atomic E-state index is 11.6. The first kappa shape index (κ1) is 10.3. The Labute approximate surface area is 95.8 Å². The summed E-state index contributed by atoms with van der Waals surface area (Å²) in [4.78, 5) is 17.6. The Balaban J connectivity index is 1.91. The first-order chi connectivity index (χ1) is 7.25. The van der Waals surface area contributed by atoms with E-state index >= 15 is 0 Å². The molecule has 2 rings (SSSR count). The zero-order chi connectivity index (χ0) is 10.7. The Morgan fingerprint density at radius 2 is 2.47 bits per heavy atom. The van der Waals surface area contributed by atoms with E-state index in [-0.39, 0.29) is 5.91 Å². The molecule has 0 bridgehead atoms. The Kier molecular flexibility index (Phi) is 3.13. The highest BCUT2D eigenvalue weighted by Gasteiger charge is 2.06. The monoisotopic (exact) mass is 238 g/mol. The van der Waals surface area contributed by atoms with E-state index in [2.05, 4.69) is 10.3 Å². The van der Waals surface area contributed by atoms with E-state index in [0.717, 1.165) is 14.8 Å². The Hall–Kier alpha value is -1.20. The van der Waals surface area contributed by atoms with Gasteiger partial charge in [-0.1, -0.05) is 6.07 Å². The van der Waals surface area contributed by atoms with Gasteiger partial charge in [0.15, 0.2) is 0 Å². The third-order valence-corrected chi connectivity index (χ3v) is 3.60. The van der Waals surface area contributed by atoms with Crippen molar-refractivity contribution in [2.45, 2.75) is 13.5 Å². The zero-order valence-electron chi connectivity index (χ0n) is 8.19. The van der Waals surface area contributed by atoms with Crippen molar-refractivity contribution in [3.05, 3.63) is 38.5 Å². The van der Waals surface area contributed by atoms with Crippen LogP contribution in [0.1, 0.15) is 19.6 Å². The molecule has 0 radical (unpaired) electrons. The smallest absolute Gasteiger partial charge is 0.261 e. The lowest BCUT2D eigenvalue weighted by Crippen LogP contribution is -2.21. The van der Waals surface area contributed by atoms with Gasteiger partial charge in [-0.3, -0.25) is 4.79 Å². The summed E-state index contributed by atoms with van der Waals surface area (Å²) in [7, 11) is 0. The van der Waals surface area contributed by atoms with Crippen molar-refractivity contribution in [3.63, 3.8) is 0 Å². The van der Waals surface area contributed by atoms with Crippen LogP contribution in [0.2, 0.25) is 0 Å². The fraction of sp³-hybridized carbons (Fsp3) is 0.200. The molecule has 78 valence electrons. The number of aryl methyl sites for hydroxylation is 1. The summed E-state index contributed by atoms with van der Waals surface area (Å²) in [5, 5.41) is 5.67. The van der Waals surface area contributed by atoms with Crippen molar-refractivity contribution in [2.24, 2.45) is 0 Å². The third-order valence-electron chi connectivity index (χ3n) is 1.81. The molecule has 0 saturated carbocycles. The third kappa shape index (κ3) is 2.64. The SMILES string of the molecule is Cc1cnc(CNC(=O)c2cccs2)s1. The van der Waals surface area contributed by atoms with E-state index in [1.807, 2.05) is 30.6 Å². The maximum Gasteiger partial charge on any atom is 0.261 e. The minimum Gasteiger partial charge on any atom is -0.345 e. The highest BCUT2D eigenvalue weighted by molar-refractivity contribution is 7.12. The predicted molar refractivity (Wildman–Crippen MR) is 62.3 cm³/mol. The largest absolute Gasteiger partial charge is 0.345 e. The molecule has 0 aliphatic carbocycles. The molecule has 1 amide bonds. The standard InChI is InChI=1S/C10H10N2OS2/c1-7-5-11-9(15-7)6-12-10(13)8-3-2-4-14-8/h2-5H,6H2,1H3,(H,12,13). The first-order valence-electron chi connectivity index (χ1n) is 4.49. The predicted octanol–water partition coefficient (Wildman–Crippen LogP) is 2.44. The summed E-state index contributed by atoms with van der Waals surface area (Å²) in [6.07, 6.45) is 1.82. The Bertz CT molecular complexity index is 448. The molecule has 0 atom stereocenters. The van der Waals surface area contributed by atoms with Gasteiger partial charge < -0.3 is 5.32 Å². The van der Waals surface area contributed by atoms with E-state index in [4.69, 9.17) is 0 Å². The lowest BCUT2D eigenvalue weighted by molar-refractivity contribution is 0.0955. The van der Waals surface area contributed by atoms with Crippen LogP contribution in [-0.4, -0.2) is 10.9 Å². The fourth-order valence-electron chi connectivity index (χ4n) is 1.13. The molecule has 2 aromatic heterocycles. The molecule has 1 N–H and O–H groups in total. The molecule has 0 saturated heterocycles. The quantitative estimate of drug-likeness (QED) is 0.892. The second-order valence-corrected chi connectivity index (χ2v) is 5.29. The van der Waals surface area contributed by atoms with Gasteiger partial charge in [0.05, 0.1) is 11.4 Å². The minimum atomic E-state index is -0.0298.